The fraction of sp³-hybridized carbons (Fsp3) is 0.647. The van der Waals surface area contributed by atoms with Gasteiger partial charge in [-0.1, -0.05) is 13.8 Å². The Labute approximate surface area is 130 Å². The molecule has 4 rings (SSSR count). The van der Waals surface area contributed by atoms with Gasteiger partial charge in [0.25, 0.3) is 0 Å². The molecule has 3 nitrogen and oxygen atoms in total. The highest BCUT2D eigenvalue weighted by atomic mass is 32.1. The lowest BCUT2D eigenvalue weighted by Gasteiger charge is -2.39. The monoisotopic (exact) mass is 301 g/mol. The van der Waals surface area contributed by atoms with Gasteiger partial charge >= 0.3 is 0 Å². The molecule has 0 atom stereocenters. The summed E-state index contributed by atoms with van der Waals surface area (Å²) in [7, 11) is 0. The molecule has 1 saturated heterocycles. The molecule has 0 spiro atoms. The highest BCUT2D eigenvalue weighted by molar-refractivity contribution is 7.19. The Morgan fingerprint density at radius 1 is 1.14 bits per heavy atom. The number of hydrogen-bond donors (Lipinski definition) is 0. The Morgan fingerprint density at radius 3 is 2.86 bits per heavy atom. The second-order valence-electron chi connectivity index (χ2n) is 7.28. The lowest BCUT2D eigenvalue weighted by atomic mass is 9.84. The van der Waals surface area contributed by atoms with Crippen LogP contribution in [0.5, 0.6) is 0 Å². The molecule has 1 aliphatic heterocycles. The molecule has 1 fully saturated rings. The number of rotatable bonds is 1. The van der Waals surface area contributed by atoms with E-state index in [0.717, 1.165) is 13.1 Å². The summed E-state index contributed by atoms with van der Waals surface area (Å²) >= 11 is 1.90. The zero-order valence-corrected chi connectivity index (χ0v) is 13.8. The van der Waals surface area contributed by atoms with Crippen molar-refractivity contribution in [1.82, 2.24) is 9.97 Å². The summed E-state index contributed by atoms with van der Waals surface area (Å²) in [5, 5.41) is 1.37. The first-order valence-electron chi connectivity index (χ1n) is 8.14. The summed E-state index contributed by atoms with van der Waals surface area (Å²) in [4.78, 5) is 14.5. The maximum atomic E-state index is 4.70. The van der Waals surface area contributed by atoms with E-state index >= 15 is 0 Å². The fourth-order valence-corrected chi connectivity index (χ4v) is 5.14. The molecule has 0 unspecified atom stereocenters. The van der Waals surface area contributed by atoms with Crippen LogP contribution in [0.2, 0.25) is 0 Å². The number of aryl methyl sites for hydroxylation is 2. The van der Waals surface area contributed by atoms with E-state index < -0.39 is 0 Å². The molecule has 3 heterocycles. The van der Waals surface area contributed by atoms with Crippen molar-refractivity contribution in [3.05, 3.63) is 16.8 Å². The first kappa shape index (κ1) is 13.5. The molecule has 0 bridgehead atoms. The van der Waals surface area contributed by atoms with Gasteiger partial charge in [-0.25, -0.2) is 9.97 Å². The molecular weight excluding hydrogens is 278 g/mol. The Morgan fingerprint density at radius 2 is 2.00 bits per heavy atom. The summed E-state index contributed by atoms with van der Waals surface area (Å²) in [6.45, 7) is 7.01. The number of nitrogens with zero attached hydrogens (tertiary/aromatic N) is 3. The van der Waals surface area contributed by atoms with E-state index in [0.29, 0.717) is 5.41 Å². The molecular formula is C17H23N3S. The van der Waals surface area contributed by atoms with Crippen LogP contribution in [0.3, 0.4) is 0 Å². The van der Waals surface area contributed by atoms with Crippen molar-refractivity contribution in [3.63, 3.8) is 0 Å². The summed E-state index contributed by atoms with van der Waals surface area (Å²) in [6.07, 6.45) is 9.46. The minimum atomic E-state index is 0.394. The number of piperidine rings is 1. The highest BCUT2D eigenvalue weighted by Gasteiger charge is 2.29. The fourth-order valence-electron chi connectivity index (χ4n) is 3.92. The van der Waals surface area contributed by atoms with Crippen molar-refractivity contribution in [1.29, 1.82) is 0 Å². The summed E-state index contributed by atoms with van der Waals surface area (Å²) in [5.41, 5.74) is 1.95. The standard InChI is InChI=1S/C17H23N3S/c1-17(2)8-5-9-20(10-17)15-14-12-6-3-4-7-13(12)21-16(14)19-11-18-15/h11H,3-10H2,1-2H3. The van der Waals surface area contributed by atoms with E-state index in [2.05, 4.69) is 23.7 Å². The van der Waals surface area contributed by atoms with Gasteiger partial charge < -0.3 is 4.90 Å². The average molecular weight is 301 g/mol. The molecule has 1 aliphatic carbocycles. The number of fused-ring (bicyclic) bond motifs is 3. The maximum absolute atomic E-state index is 4.70. The lowest BCUT2D eigenvalue weighted by molar-refractivity contribution is 0.292. The van der Waals surface area contributed by atoms with E-state index in [1.165, 1.54) is 54.6 Å². The van der Waals surface area contributed by atoms with Crippen LogP contribution in [0.1, 0.15) is 50.0 Å². The predicted molar refractivity (Wildman–Crippen MR) is 89.3 cm³/mol. The Kier molecular flexibility index (Phi) is 3.18. The first-order valence-corrected chi connectivity index (χ1v) is 8.96. The molecule has 0 aromatic carbocycles. The number of anilines is 1. The molecule has 0 amide bonds. The van der Waals surface area contributed by atoms with Crippen LogP contribution in [0, 0.1) is 5.41 Å². The third-order valence-corrected chi connectivity index (χ3v) is 6.13. The molecule has 4 heteroatoms. The molecule has 2 aliphatic rings. The average Bonchev–Trinajstić information content (AvgIpc) is 2.84. The molecule has 0 radical (unpaired) electrons. The normalized spacial score (nSPS) is 21.5. The topological polar surface area (TPSA) is 29.0 Å². The molecule has 0 saturated carbocycles. The van der Waals surface area contributed by atoms with Crippen LogP contribution in [-0.2, 0) is 12.8 Å². The molecule has 112 valence electrons. The Bertz CT molecular complexity index is 674. The largest absolute Gasteiger partial charge is 0.355 e. The quantitative estimate of drug-likeness (QED) is 0.790. The second-order valence-corrected chi connectivity index (χ2v) is 8.36. The van der Waals surface area contributed by atoms with Crippen molar-refractivity contribution in [2.45, 2.75) is 52.4 Å². The van der Waals surface area contributed by atoms with E-state index in [1.807, 2.05) is 11.3 Å². The predicted octanol–water partition coefficient (Wildman–Crippen LogP) is 4.20. The van der Waals surface area contributed by atoms with Gasteiger partial charge in [0.15, 0.2) is 0 Å². The van der Waals surface area contributed by atoms with Crippen LogP contribution in [0.4, 0.5) is 5.82 Å². The van der Waals surface area contributed by atoms with Gasteiger partial charge in [0.2, 0.25) is 0 Å². The van der Waals surface area contributed by atoms with E-state index in [9.17, 15) is 0 Å². The first-order chi connectivity index (χ1) is 10.1. The Balaban J connectivity index is 1.83. The smallest absolute Gasteiger partial charge is 0.141 e. The number of hydrogen-bond acceptors (Lipinski definition) is 4. The van der Waals surface area contributed by atoms with Crippen LogP contribution in [0.15, 0.2) is 6.33 Å². The van der Waals surface area contributed by atoms with E-state index in [4.69, 9.17) is 4.98 Å². The van der Waals surface area contributed by atoms with Crippen molar-refractivity contribution in [2.24, 2.45) is 5.41 Å². The van der Waals surface area contributed by atoms with Crippen molar-refractivity contribution in [3.8, 4) is 0 Å². The maximum Gasteiger partial charge on any atom is 0.141 e. The van der Waals surface area contributed by atoms with Crippen molar-refractivity contribution < 1.29 is 0 Å². The SMILES string of the molecule is CC1(C)CCCN(c2ncnc3sc4c(c23)CCCC4)C1. The minimum absolute atomic E-state index is 0.394. The number of aromatic nitrogens is 2. The van der Waals surface area contributed by atoms with E-state index in [1.54, 1.807) is 16.8 Å². The lowest BCUT2D eigenvalue weighted by Crippen LogP contribution is -2.40. The summed E-state index contributed by atoms with van der Waals surface area (Å²) in [5.74, 6) is 1.20. The van der Waals surface area contributed by atoms with Gasteiger partial charge in [-0.3, -0.25) is 0 Å². The van der Waals surface area contributed by atoms with Crippen molar-refractivity contribution in [2.75, 3.05) is 18.0 Å². The minimum Gasteiger partial charge on any atom is -0.355 e. The van der Waals surface area contributed by atoms with Gasteiger partial charge in [0.05, 0.1) is 5.39 Å². The summed E-state index contributed by atoms with van der Waals surface area (Å²) < 4.78 is 0. The van der Waals surface area contributed by atoms with Crippen molar-refractivity contribution >= 4 is 27.4 Å². The van der Waals surface area contributed by atoms with Crippen LogP contribution < -0.4 is 4.90 Å². The van der Waals surface area contributed by atoms with Crippen LogP contribution in [0.25, 0.3) is 10.2 Å². The molecule has 21 heavy (non-hydrogen) atoms. The van der Waals surface area contributed by atoms with E-state index in [-0.39, 0.29) is 0 Å². The van der Waals surface area contributed by atoms with Gasteiger partial charge in [0, 0.05) is 18.0 Å². The van der Waals surface area contributed by atoms with Gasteiger partial charge in [0.1, 0.15) is 17.0 Å². The third-order valence-electron chi connectivity index (χ3n) is 4.93. The van der Waals surface area contributed by atoms with Gasteiger partial charge in [-0.05, 0) is 49.5 Å². The molecule has 0 N–H and O–H groups in total. The second kappa shape index (κ2) is 4.94. The zero-order chi connectivity index (χ0) is 14.4. The third kappa shape index (κ3) is 2.33. The highest BCUT2D eigenvalue weighted by Crippen LogP contribution is 2.41. The van der Waals surface area contributed by atoms with Gasteiger partial charge in [-0.15, -0.1) is 11.3 Å². The number of thiophene rings is 1. The zero-order valence-electron chi connectivity index (χ0n) is 13.0. The molecule has 2 aromatic rings. The Hall–Kier alpha value is -1.16. The van der Waals surface area contributed by atoms with Crippen LogP contribution >= 0.6 is 11.3 Å². The van der Waals surface area contributed by atoms with Gasteiger partial charge in [-0.2, -0.15) is 0 Å². The van der Waals surface area contributed by atoms with Crippen LogP contribution in [-0.4, -0.2) is 23.1 Å². The summed E-state index contributed by atoms with van der Waals surface area (Å²) in [6, 6.07) is 0. The molecule has 2 aromatic heterocycles.